The molecule has 88 valence electrons. The predicted octanol–water partition coefficient (Wildman–Crippen LogP) is 1.64. The van der Waals surface area contributed by atoms with Crippen LogP contribution in [0.25, 0.3) is 0 Å². The summed E-state index contributed by atoms with van der Waals surface area (Å²) in [7, 11) is 1.49. The van der Waals surface area contributed by atoms with Crippen LogP contribution < -0.4 is 4.74 Å². The molecule has 0 fully saturated rings. The summed E-state index contributed by atoms with van der Waals surface area (Å²) in [5.74, 6) is 0.435. The zero-order valence-electron chi connectivity index (χ0n) is 8.91. The Kier molecular flexibility index (Phi) is 3.38. The molecule has 0 bridgehead atoms. The molecule has 0 atom stereocenters. The molecule has 0 amide bonds. The number of hydrogen-bond acceptors (Lipinski definition) is 5. The summed E-state index contributed by atoms with van der Waals surface area (Å²) in [4.78, 5) is 5.09. The van der Waals surface area contributed by atoms with E-state index in [1.165, 1.54) is 24.6 Å². The maximum absolute atomic E-state index is 9.63. The second-order valence-corrected chi connectivity index (χ2v) is 3.97. The zero-order chi connectivity index (χ0) is 12.3. The fraction of sp³-hybridized carbons (Fsp3) is 0.100. The van der Waals surface area contributed by atoms with Crippen molar-refractivity contribution < 1.29 is 9.84 Å². The Morgan fingerprint density at radius 3 is 3.00 bits per heavy atom. The molecule has 0 spiro atoms. The Labute approximate surface area is 106 Å². The van der Waals surface area contributed by atoms with E-state index in [0.717, 1.165) is 5.56 Å². The van der Waals surface area contributed by atoms with Gasteiger partial charge in [-0.1, -0.05) is 0 Å². The number of benzene rings is 1. The fourth-order valence-electron chi connectivity index (χ4n) is 1.21. The normalized spacial score (nSPS) is 10.9. The summed E-state index contributed by atoms with van der Waals surface area (Å²) in [6.45, 7) is 0. The van der Waals surface area contributed by atoms with Crippen LogP contribution in [0, 0.1) is 0 Å². The molecular formula is C10H9BrN4O2. The summed E-state index contributed by atoms with van der Waals surface area (Å²) in [5, 5.41) is 17.5. The summed E-state index contributed by atoms with van der Waals surface area (Å²) >= 11 is 3.23. The lowest BCUT2D eigenvalue weighted by molar-refractivity contribution is 0.372. The van der Waals surface area contributed by atoms with Crippen LogP contribution in [0.3, 0.4) is 0 Å². The third-order valence-corrected chi connectivity index (χ3v) is 2.61. The topological polar surface area (TPSA) is 72.5 Å². The lowest BCUT2D eigenvalue weighted by atomic mass is 10.2. The van der Waals surface area contributed by atoms with E-state index in [-0.39, 0.29) is 5.75 Å². The monoisotopic (exact) mass is 296 g/mol. The van der Waals surface area contributed by atoms with Crippen molar-refractivity contribution in [3.63, 3.8) is 0 Å². The van der Waals surface area contributed by atoms with E-state index in [1.54, 1.807) is 18.3 Å². The van der Waals surface area contributed by atoms with Crippen molar-refractivity contribution in [2.45, 2.75) is 0 Å². The first-order chi connectivity index (χ1) is 8.20. The predicted molar refractivity (Wildman–Crippen MR) is 65.4 cm³/mol. The van der Waals surface area contributed by atoms with Crippen LogP contribution in [0.2, 0.25) is 0 Å². The number of halogens is 1. The van der Waals surface area contributed by atoms with Crippen molar-refractivity contribution in [1.29, 1.82) is 0 Å². The average Bonchev–Trinajstić information content (AvgIpc) is 2.83. The fourth-order valence-corrected chi connectivity index (χ4v) is 1.67. The minimum Gasteiger partial charge on any atom is -0.503 e. The van der Waals surface area contributed by atoms with Crippen LogP contribution in [0.4, 0.5) is 0 Å². The third-order valence-electron chi connectivity index (χ3n) is 2.00. The molecule has 17 heavy (non-hydrogen) atoms. The standard InChI is InChI=1S/C10H9BrN4O2/c1-17-9-3-7(2-8(11)10(9)16)4-13-15-6-12-5-14-15/h2-6,16H,1H3/b13-4+. The van der Waals surface area contributed by atoms with Gasteiger partial charge in [-0.05, 0) is 33.6 Å². The first kappa shape index (κ1) is 11.6. The number of rotatable bonds is 3. The van der Waals surface area contributed by atoms with Crippen molar-refractivity contribution >= 4 is 22.1 Å². The number of nitrogens with zero attached hydrogens (tertiary/aromatic N) is 4. The molecule has 1 aromatic carbocycles. The largest absolute Gasteiger partial charge is 0.503 e. The van der Waals surface area contributed by atoms with E-state index in [4.69, 9.17) is 4.74 Å². The van der Waals surface area contributed by atoms with Gasteiger partial charge in [-0.15, -0.1) is 9.89 Å². The number of aromatic nitrogens is 3. The van der Waals surface area contributed by atoms with E-state index in [0.29, 0.717) is 10.2 Å². The minimum absolute atomic E-state index is 0.0606. The molecule has 1 aromatic heterocycles. The lowest BCUT2D eigenvalue weighted by Crippen LogP contribution is -1.92. The van der Waals surface area contributed by atoms with Gasteiger partial charge in [-0.2, -0.15) is 5.10 Å². The maximum Gasteiger partial charge on any atom is 0.172 e. The molecule has 0 aliphatic rings. The zero-order valence-corrected chi connectivity index (χ0v) is 10.5. The van der Waals surface area contributed by atoms with Crippen LogP contribution >= 0.6 is 15.9 Å². The summed E-state index contributed by atoms with van der Waals surface area (Å²) in [5.41, 5.74) is 0.766. The van der Waals surface area contributed by atoms with Gasteiger partial charge >= 0.3 is 0 Å². The van der Waals surface area contributed by atoms with Crippen molar-refractivity contribution in [2.24, 2.45) is 5.10 Å². The number of ether oxygens (including phenoxy) is 1. The highest BCUT2D eigenvalue weighted by molar-refractivity contribution is 9.10. The Hall–Kier alpha value is -1.89. The van der Waals surface area contributed by atoms with Crippen molar-refractivity contribution in [3.05, 3.63) is 34.8 Å². The molecule has 0 saturated heterocycles. The lowest BCUT2D eigenvalue weighted by Gasteiger charge is -2.05. The van der Waals surface area contributed by atoms with Gasteiger partial charge in [0, 0.05) is 0 Å². The number of hydrogen-bond donors (Lipinski definition) is 1. The van der Waals surface area contributed by atoms with Gasteiger partial charge in [0.2, 0.25) is 0 Å². The van der Waals surface area contributed by atoms with Gasteiger partial charge in [-0.25, -0.2) is 4.98 Å². The number of aromatic hydroxyl groups is 1. The SMILES string of the molecule is COc1cc(/C=N/n2cncn2)cc(Br)c1O. The number of phenolic OH excluding ortho intramolecular Hbond substituents is 1. The van der Waals surface area contributed by atoms with E-state index >= 15 is 0 Å². The van der Waals surface area contributed by atoms with E-state index in [1.807, 2.05) is 0 Å². The van der Waals surface area contributed by atoms with Gasteiger partial charge in [0.1, 0.15) is 12.7 Å². The molecular weight excluding hydrogens is 288 g/mol. The highest BCUT2D eigenvalue weighted by atomic mass is 79.9. The molecule has 0 aliphatic carbocycles. The molecule has 2 aromatic rings. The van der Waals surface area contributed by atoms with Gasteiger partial charge in [-0.3, -0.25) is 0 Å². The van der Waals surface area contributed by atoms with Gasteiger partial charge in [0.25, 0.3) is 0 Å². The Morgan fingerprint density at radius 1 is 1.53 bits per heavy atom. The first-order valence-electron chi connectivity index (χ1n) is 4.66. The van der Waals surface area contributed by atoms with Gasteiger partial charge < -0.3 is 9.84 Å². The molecule has 2 rings (SSSR count). The third kappa shape index (κ3) is 2.62. The maximum atomic E-state index is 9.63. The summed E-state index contributed by atoms with van der Waals surface area (Å²) in [6.07, 6.45) is 4.45. The second kappa shape index (κ2) is 4.96. The molecule has 1 heterocycles. The van der Waals surface area contributed by atoms with Gasteiger partial charge in [0.15, 0.2) is 11.5 Å². The van der Waals surface area contributed by atoms with Gasteiger partial charge in [0.05, 0.1) is 17.8 Å². The Bertz CT molecular complexity index is 539. The van der Waals surface area contributed by atoms with Crippen molar-refractivity contribution in [2.75, 3.05) is 7.11 Å². The number of methoxy groups -OCH3 is 1. The van der Waals surface area contributed by atoms with E-state index in [9.17, 15) is 5.11 Å². The molecule has 0 radical (unpaired) electrons. The summed E-state index contributed by atoms with van der Waals surface area (Å²) < 4.78 is 5.57. The molecule has 6 nitrogen and oxygen atoms in total. The first-order valence-corrected chi connectivity index (χ1v) is 5.45. The van der Waals surface area contributed by atoms with Crippen molar-refractivity contribution in [3.8, 4) is 11.5 Å². The van der Waals surface area contributed by atoms with E-state index < -0.39 is 0 Å². The van der Waals surface area contributed by atoms with Crippen LogP contribution in [-0.4, -0.2) is 33.3 Å². The van der Waals surface area contributed by atoms with Crippen LogP contribution in [-0.2, 0) is 0 Å². The molecule has 0 saturated carbocycles. The highest BCUT2D eigenvalue weighted by Gasteiger charge is 2.07. The molecule has 0 unspecified atom stereocenters. The Morgan fingerprint density at radius 2 is 2.35 bits per heavy atom. The average molecular weight is 297 g/mol. The molecule has 0 aliphatic heterocycles. The highest BCUT2D eigenvalue weighted by Crippen LogP contribution is 2.34. The van der Waals surface area contributed by atoms with Crippen LogP contribution in [0.15, 0.2) is 34.4 Å². The minimum atomic E-state index is 0.0606. The molecule has 7 heteroatoms. The van der Waals surface area contributed by atoms with E-state index in [2.05, 4.69) is 31.1 Å². The quantitative estimate of drug-likeness (QED) is 0.874. The number of phenols is 1. The van der Waals surface area contributed by atoms with Crippen LogP contribution in [0.5, 0.6) is 11.5 Å². The summed E-state index contributed by atoms with van der Waals surface area (Å²) in [6, 6.07) is 3.39. The Balaban J connectivity index is 2.30. The second-order valence-electron chi connectivity index (χ2n) is 3.11. The van der Waals surface area contributed by atoms with Crippen LogP contribution in [0.1, 0.15) is 5.56 Å². The van der Waals surface area contributed by atoms with Crippen molar-refractivity contribution in [1.82, 2.24) is 14.9 Å². The smallest absolute Gasteiger partial charge is 0.172 e. The molecule has 1 N–H and O–H groups in total.